The lowest BCUT2D eigenvalue weighted by Crippen LogP contribution is -2.54. The molecule has 1 aliphatic rings. The van der Waals surface area contributed by atoms with Crippen LogP contribution in [0.3, 0.4) is 0 Å². The number of para-hydroxylation sites is 1. The lowest BCUT2D eigenvalue weighted by atomic mass is 10.1. The Morgan fingerprint density at radius 1 is 1.25 bits per heavy atom. The number of carbonyl (C=O) groups excluding carboxylic acids is 1. The first-order chi connectivity index (χ1) is 9.13. The Balaban J connectivity index is 0.00000200. The third kappa shape index (κ3) is 5.49. The highest BCUT2D eigenvalue weighted by Gasteiger charge is 2.20. The van der Waals surface area contributed by atoms with E-state index in [1.54, 1.807) is 0 Å². The Labute approximate surface area is 127 Å². The van der Waals surface area contributed by atoms with Gasteiger partial charge in [-0.2, -0.15) is 0 Å². The second-order valence-electron chi connectivity index (χ2n) is 5.39. The van der Waals surface area contributed by atoms with Crippen LogP contribution in [0.2, 0.25) is 0 Å². The molecule has 1 amide bonds. The largest absolute Gasteiger partial charge is 0.326 e. The van der Waals surface area contributed by atoms with Crippen molar-refractivity contribution in [2.75, 3.05) is 25.0 Å². The van der Waals surface area contributed by atoms with E-state index in [1.807, 2.05) is 30.3 Å². The van der Waals surface area contributed by atoms with E-state index in [0.29, 0.717) is 18.5 Å². The first-order valence-electron chi connectivity index (χ1n) is 6.97. The molecule has 2 rings (SSSR count). The molecule has 0 radical (unpaired) electrons. The monoisotopic (exact) mass is 297 g/mol. The molecule has 0 spiro atoms. The predicted molar refractivity (Wildman–Crippen MR) is 85.4 cm³/mol. The predicted octanol–water partition coefficient (Wildman–Crippen LogP) is 2.12. The molecule has 2 N–H and O–H groups in total. The standard InChI is InChI=1S/C15H23N3O.ClH/c1-12-10-18(11-13(2)16-12)9-8-15(19)17-14-6-4-3-5-7-14;/h3-7,12-13,16H,8-11H2,1-2H3,(H,17,19);1H. The minimum Gasteiger partial charge on any atom is -0.326 e. The molecule has 2 atom stereocenters. The van der Waals surface area contributed by atoms with Gasteiger partial charge in [0.15, 0.2) is 0 Å². The quantitative estimate of drug-likeness (QED) is 0.895. The highest BCUT2D eigenvalue weighted by atomic mass is 35.5. The number of piperazine rings is 1. The van der Waals surface area contributed by atoms with Gasteiger partial charge < -0.3 is 10.6 Å². The fourth-order valence-corrected chi connectivity index (χ4v) is 2.63. The molecule has 112 valence electrons. The van der Waals surface area contributed by atoms with E-state index in [1.165, 1.54) is 0 Å². The summed E-state index contributed by atoms with van der Waals surface area (Å²) in [6.45, 7) is 7.24. The number of nitrogens with one attached hydrogen (secondary N) is 2. The molecular formula is C15H24ClN3O. The zero-order chi connectivity index (χ0) is 13.7. The van der Waals surface area contributed by atoms with Crippen LogP contribution in [-0.2, 0) is 4.79 Å². The van der Waals surface area contributed by atoms with E-state index in [0.717, 1.165) is 25.3 Å². The number of nitrogens with zero attached hydrogens (tertiary/aromatic N) is 1. The SMILES string of the molecule is CC1CN(CCC(=O)Nc2ccccc2)CC(C)N1.Cl. The molecule has 1 saturated heterocycles. The summed E-state index contributed by atoms with van der Waals surface area (Å²) >= 11 is 0. The molecule has 0 aliphatic carbocycles. The number of halogens is 1. The molecule has 1 fully saturated rings. The number of hydrogen-bond donors (Lipinski definition) is 2. The van der Waals surface area contributed by atoms with Crippen LogP contribution in [0.4, 0.5) is 5.69 Å². The van der Waals surface area contributed by atoms with Crippen molar-refractivity contribution in [2.24, 2.45) is 0 Å². The van der Waals surface area contributed by atoms with E-state index in [9.17, 15) is 4.79 Å². The van der Waals surface area contributed by atoms with Crippen molar-refractivity contribution in [3.8, 4) is 0 Å². The van der Waals surface area contributed by atoms with Crippen LogP contribution in [0.15, 0.2) is 30.3 Å². The molecule has 2 unspecified atom stereocenters. The van der Waals surface area contributed by atoms with Gasteiger partial charge in [0, 0.05) is 43.8 Å². The van der Waals surface area contributed by atoms with Crippen LogP contribution in [-0.4, -0.2) is 42.5 Å². The van der Waals surface area contributed by atoms with Crippen molar-refractivity contribution in [1.82, 2.24) is 10.2 Å². The zero-order valence-electron chi connectivity index (χ0n) is 12.1. The van der Waals surface area contributed by atoms with E-state index in [-0.39, 0.29) is 18.3 Å². The van der Waals surface area contributed by atoms with E-state index in [2.05, 4.69) is 29.4 Å². The summed E-state index contributed by atoms with van der Waals surface area (Å²) in [5, 5.41) is 6.42. The lowest BCUT2D eigenvalue weighted by Gasteiger charge is -2.35. The van der Waals surface area contributed by atoms with Crippen molar-refractivity contribution in [3.05, 3.63) is 30.3 Å². The Morgan fingerprint density at radius 3 is 2.45 bits per heavy atom. The lowest BCUT2D eigenvalue weighted by molar-refractivity contribution is -0.116. The Morgan fingerprint density at radius 2 is 1.85 bits per heavy atom. The van der Waals surface area contributed by atoms with Crippen molar-refractivity contribution < 1.29 is 4.79 Å². The third-order valence-electron chi connectivity index (χ3n) is 3.35. The molecule has 1 heterocycles. The van der Waals surface area contributed by atoms with Crippen LogP contribution in [0.5, 0.6) is 0 Å². The molecule has 20 heavy (non-hydrogen) atoms. The van der Waals surface area contributed by atoms with Crippen molar-refractivity contribution in [1.29, 1.82) is 0 Å². The van der Waals surface area contributed by atoms with Crippen molar-refractivity contribution in [3.63, 3.8) is 0 Å². The number of anilines is 1. The minimum atomic E-state index is 0. The summed E-state index contributed by atoms with van der Waals surface area (Å²) in [4.78, 5) is 14.2. The average Bonchev–Trinajstić information content (AvgIpc) is 2.36. The summed E-state index contributed by atoms with van der Waals surface area (Å²) in [7, 11) is 0. The number of carbonyl (C=O) groups is 1. The molecule has 1 aromatic carbocycles. The Bertz CT molecular complexity index is 403. The molecule has 4 nitrogen and oxygen atoms in total. The van der Waals surface area contributed by atoms with E-state index < -0.39 is 0 Å². The van der Waals surface area contributed by atoms with Crippen molar-refractivity contribution in [2.45, 2.75) is 32.4 Å². The summed E-state index contributed by atoms with van der Waals surface area (Å²) in [5.41, 5.74) is 0.870. The van der Waals surface area contributed by atoms with Gasteiger partial charge in [-0.1, -0.05) is 18.2 Å². The maximum absolute atomic E-state index is 11.9. The van der Waals surface area contributed by atoms with Gasteiger partial charge in [-0.25, -0.2) is 0 Å². The smallest absolute Gasteiger partial charge is 0.225 e. The van der Waals surface area contributed by atoms with Gasteiger partial charge in [-0.3, -0.25) is 9.69 Å². The fraction of sp³-hybridized carbons (Fsp3) is 0.533. The Hall–Kier alpha value is -1.10. The summed E-state index contributed by atoms with van der Waals surface area (Å²) < 4.78 is 0. The topological polar surface area (TPSA) is 44.4 Å². The number of hydrogen-bond acceptors (Lipinski definition) is 3. The van der Waals surface area contributed by atoms with Crippen LogP contribution < -0.4 is 10.6 Å². The van der Waals surface area contributed by atoms with Crippen LogP contribution in [0.1, 0.15) is 20.3 Å². The normalized spacial score (nSPS) is 22.9. The summed E-state index contributed by atoms with van der Waals surface area (Å²) in [6.07, 6.45) is 0.550. The molecule has 0 bridgehead atoms. The first kappa shape index (κ1) is 17.0. The van der Waals surface area contributed by atoms with Gasteiger partial charge in [-0.05, 0) is 26.0 Å². The Kier molecular flexibility index (Phi) is 6.99. The van der Waals surface area contributed by atoms with Gasteiger partial charge >= 0.3 is 0 Å². The molecular weight excluding hydrogens is 274 g/mol. The fourth-order valence-electron chi connectivity index (χ4n) is 2.63. The van der Waals surface area contributed by atoms with Crippen LogP contribution in [0, 0.1) is 0 Å². The average molecular weight is 298 g/mol. The number of rotatable bonds is 4. The zero-order valence-corrected chi connectivity index (χ0v) is 13.0. The molecule has 0 aromatic heterocycles. The molecule has 1 aliphatic heterocycles. The van der Waals surface area contributed by atoms with Crippen LogP contribution >= 0.6 is 12.4 Å². The minimum absolute atomic E-state index is 0. The number of amides is 1. The molecule has 5 heteroatoms. The number of benzene rings is 1. The highest BCUT2D eigenvalue weighted by molar-refractivity contribution is 5.90. The third-order valence-corrected chi connectivity index (χ3v) is 3.35. The highest BCUT2D eigenvalue weighted by Crippen LogP contribution is 2.07. The van der Waals surface area contributed by atoms with Gasteiger partial charge in [0.25, 0.3) is 0 Å². The van der Waals surface area contributed by atoms with Gasteiger partial charge in [0.2, 0.25) is 5.91 Å². The van der Waals surface area contributed by atoms with E-state index >= 15 is 0 Å². The van der Waals surface area contributed by atoms with E-state index in [4.69, 9.17) is 0 Å². The second-order valence-corrected chi connectivity index (χ2v) is 5.39. The van der Waals surface area contributed by atoms with Crippen molar-refractivity contribution >= 4 is 24.0 Å². The summed E-state index contributed by atoms with van der Waals surface area (Å²) in [6, 6.07) is 10.6. The molecule has 1 aromatic rings. The second kappa shape index (κ2) is 8.25. The maximum atomic E-state index is 11.9. The summed E-state index contributed by atoms with van der Waals surface area (Å²) in [5.74, 6) is 0.0880. The van der Waals surface area contributed by atoms with Gasteiger partial charge in [-0.15, -0.1) is 12.4 Å². The van der Waals surface area contributed by atoms with Gasteiger partial charge in [0.1, 0.15) is 0 Å². The first-order valence-corrected chi connectivity index (χ1v) is 6.97. The molecule has 0 saturated carbocycles. The van der Waals surface area contributed by atoms with Crippen LogP contribution in [0.25, 0.3) is 0 Å². The van der Waals surface area contributed by atoms with Gasteiger partial charge in [0.05, 0.1) is 0 Å². The maximum Gasteiger partial charge on any atom is 0.225 e.